The van der Waals surface area contributed by atoms with Crippen LogP contribution in [0.25, 0.3) is 22.3 Å². The van der Waals surface area contributed by atoms with Crippen LogP contribution in [0.1, 0.15) is 0 Å². The molecule has 178 valence electrons. The third-order valence-electron chi connectivity index (χ3n) is 5.57. The second-order valence-corrected chi connectivity index (χ2v) is 7.84. The second kappa shape index (κ2) is 9.39. The van der Waals surface area contributed by atoms with Crippen LogP contribution in [-0.4, -0.2) is 57.5 Å². The first-order valence-corrected chi connectivity index (χ1v) is 10.9. The van der Waals surface area contributed by atoms with Gasteiger partial charge in [0, 0.05) is 30.0 Å². The molecule has 0 unspecified atom stereocenters. The molecular formula is C24H22FN7O3. The number of nitrogens with zero attached hydrogens (tertiary/aromatic N) is 4. The van der Waals surface area contributed by atoms with Gasteiger partial charge in [-0.15, -0.1) is 0 Å². The fraction of sp³-hybridized carbons (Fsp3) is 0.167. The molecule has 3 heterocycles. The van der Waals surface area contributed by atoms with Crippen LogP contribution in [0.4, 0.5) is 27.4 Å². The van der Waals surface area contributed by atoms with Gasteiger partial charge < -0.3 is 25.4 Å². The Kier molecular flexibility index (Phi) is 5.98. The van der Waals surface area contributed by atoms with Crippen LogP contribution >= 0.6 is 0 Å². The summed E-state index contributed by atoms with van der Waals surface area (Å²) in [6.45, 7) is 5.92. The van der Waals surface area contributed by atoms with Crippen LogP contribution in [0, 0.1) is 5.82 Å². The molecule has 5 rings (SSSR count). The van der Waals surface area contributed by atoms with Crippen molar-refractivity contribution >= 4 is 40.0 Å². The Morgan fingerprint density at radius 2 is 1.97 bits per heavy atom. The van der Waals surface area contributed by atoms with Gasteiger partial charge in [0.15, 0.2) is 5.65 Å². The third kappa shape index (κ3) is 4.62. The largest absolute Gasteiger partial charge is 0.506 e. The Hall–Kier alpha value is -4.51. The smallest absolute Gasteiger partial charge is 0.247 e. The minimum Gasteiger partial charge on any atom is -0.506 e. The Morgan fingerprint density at radius 3 is 2.77 bits per heavy atom. The summed E-state index contributed by atoms with van der Waals surface area (Å²) in [5, 5.41) is 23.5. The molecule has 1 saturated heterocycles. The molecule has 11 heteroatoms. The molecule has 0 spiro atoms. The lowest BCUT2D eigenvalue weighted by molar-refractivity contribution is -0.111. The number of aromatic hydroxyl groups is 1. The average molecular weight is 475 g/mol. The molecule has 4 aromatic rings. The van der Waals surface area contributed by atoms with Gasteiger partial charge in [-0.2, -0.15) is 10.1 Å². The fourth-order valence-electron chi connectivity index (χ4n) is 3.86. The van der Waals surface area contributed by atoms with Gasteiger partial charge in [-0.3, -0.25) is 9.89 Å². The number of phenols is 1. The SMILES string of the molecule is C=CC(=O)Nc1ccc(F)c(-c2nc(Nc3ccc(O)c(N4CCOCC4)c3)nc3[nH]ncc23)c1. The van der Waals surface area contributed by atoms with E-state index in [0.717, 1.165) is 6.08 Å². The number of morpholine rings is 1. The molecule has 1 aliphatic rings. The normalized spacial score (nSPS) is 13.6. The van der Waals surface area contributed by atoms with Crippen LogP contribution in [0.5, 0.6) is 5.75 Å². The molecule has 0 bridgehead atoms. The van der Waals surface area contributed by atoms with Crippen LogP contribution in [0.15, 0.2) is 55.3 Å². The summed E-state index contributed by atoms with van der Waals surface area (Å²) in [5.41, 5.74) is 2.57. The lowest BCUT2D eigenvalue weighted by atomic mass is 10.1. The number of halogens is 1. The molecule has 1 fully saturated rings. The van der Waals surface area contributed by atoms with Crippen molar-refractivity contribution in [1.82, 2.24) is 20.2 Å². The number of benzene rings is 2. The molecule has 2 aromatic heterocycles. The minimum atomic E-state index is -0.520. The van der Waals surface area contributed by atoms with Crippen LogP contribution in [0.2, 0.25) is 0 Å². The highest BCUT2D eigenvalue weighted by molar-refractivity contribution is 6.00. The first-order valence-electron chi connectivity index (χ1n) is 10.9. The zero-order valence-corrected chi connectivity index (χ0v) is 18.6. The lowest BCUT2D eigenvalue weighted by Gasteiger charge is -2.29. The summed E-state index contributed by atoms with van der Waals surface area (Å²) in [4.78, 5) is 22.7. The zero-order chi connectivity index (χ0) is 24.4. The predicted octanol–water partition coefficient (Wildman–Crippen LogP) is 3.57. The van der Waals surface area contributed by atoms with E-state index in [1.54, 1.807) is 18.2 Å². The van der Waals surface area contributed by atoms with Crippen molar-refractivity contribution in [3.05, 3.63) is 61.1 Å². The Labute approximate surface area is 199 Å². The van der Waals surface area contributed by atoms with Gasteiger partial charge in [0.1, 0.15) is 11.6 Å². The molecule has 1 aliphatic heterocycles. The molecule has 1 amide bonds. The Morgan fingerprint density at radius 1 is 1.17 bits per heavy atom. The predicted molar refractivity (Wildman–Crippen MR) is 130 cm³/mol. The average Bonchev–Trinajstić information content (AvgIpc) is 3.35. The number of aromatic nitrogens is 4. The van der Waals surface area contributed by atoms with E-state index in [-0.39, 0.29) is 17.3 Å². The summed E-state index contributed by atoms with van der Waals surface area (Å²) in [7, 11) is 0. The molecule has 0 radical (unpaired) electrons. The molecule has 2 aromatic carbocycles. The van der Waals surface area contributed by atoms with Gasteiger partial charge in [0.05, 0.1) is 36.2 Å². The van der Waals surface area contributed by atoms with Crippen molar-refractivity contribution in [1.29, 1.82) is 0 Å². The van der Waals surface area contributed by atoms with Crippen molar-refractivity contribution in [2.45, 2.75) is 0 Å². The molecule has 0 atom stereocenters. The summed E-state index contributed by atoms with van der Waals surface area (Å²) in [6, 6.07) is 9.29. The van der Waals surface area contributed by atoms with Gasteiger partial charge in [-0.05, 0) is 42.5 Å². The molecular weight excluding hydrogens is 453 g/mol. The number of rotatable bonds is 6. The van der Waals surface area contributed by atoms with Crippen LogP contribution in [0.3, 0.4) is 0 Å². The van der Waals surface area contributed by atoms with E-state index in [1.165, 1.54) is 24.4 Å². The van der Waals surface area contributed by atoms with Gasteiger partial charge >= 0.3 is 0 Å². The maximum absolute atomic E-state index is 14.9. The minimum absolute atomic E-state index is 0.156. The highest BCUT2D eigenvalue weighted by Crippen LogP contribution is 2.34. The quantitative estimate of drug-likeness (QED) is 0.246. The second-order valence-electron chi connectivity index (χ2n) is 7.84. The number of amides is 1. The standard InChI is InChI=1S/C24H22FN7O3/c1-2-21(34)27-14-3-5-18(25)16(11-14)22-17-13-26-31-23(17)30-24(29-22)28-15-4-6-20(33)19(12-15)32-7-9-35-10-8-32/h2-6,11-13,33H,1,7-10H2,(H,27,34)(H2,26,28,29,30,31). The highest BCUT2D eigenvalue weighted by Gasteiger charge is 2.18. The first-order chi connectivity index (χ1) is 17.0. The fourth-order valence-corrected chi connectivity index (χ4v) is 3.86. The van der Waals surface area contributed by atoms with Crippen molar-refractivity contribution in [2.75, 3.05) is 41.8 Å². The van der Waals surface area contributed by atoms with E-state index in [2.05, 4.69) is 37.4 Å². The zero-order valence-electron chi connectivity index (χ0n) is 18.6. The van der Waals surface area contributed by atoms with E-state index in [4.69, 9.17) is 4.74 Å². The number of carbonyl (C=O) groups excluding carboxylic acids is 1. The number of fused-ring (bicyclic) bond motifs is 1. The van der Waals surface area contributed by atoms with E-state index in [1.807, 2.05) is 4.90 Å². The van der Waals surface area contributed by atoms with Crippen molar-refractivity contribution in [3.63, 3.8) is 0 Å². The Balaban J connectivity index is 1.52. The molecule has 0 saturated carbocycles. The highest BCUT2D eigenvalue weighted by atomic mass is 19.1. The van der Waals surface area contributed by atoms with E-state index >= 15 is 0 Å². The molecule has 4 N–H and O–H groups in total. The maximum atomic E-state index is 14.9. The maximum Gasteiger partial charge on any atom is 0.247 e. The Bertz CT molecular complexity index is 1420. The number of hydrogen-bond acceptors (Lipinski definition) is 8. The monoisotopic (exact) mass is 475 g/mol. The van der Waals surface area contributed by atoms with E-state index < -0.39 is 11.7 Å². The number of aromatic amines is 1. The van der Waals surface area contributed by atoms with Crippen LogP contribution < -0.4 is 15.5 Å². The number of phenolic OH excluding ortho intramolecular Hbond substituents is 1. The number of ether oxygens (including phenoxy) is 1. The lowest BCUT2D eigenvalue weighted by Crippen LogP contribution is -2.36. The van der Waals surface area contributed by atoms with E-state index in [9.17, 15) is 14.3 Å². The topological polar surface area (TPSA) is 128 Å². The van der Waals surface area contributed by atoms with E-state index in [0.29, 0.717) is 60.1 Å². The van der Waals surface area contributed by atoms with Gasteiger partial charge in [-0.1, -0.05) is 6.58 Å². The van der Waals surface area contributed by atoms with Gasteiger partial charge in [0.2, 0.25) is 11.9 Å². The summed E-state index contributed by atoms with van der Waals surface area (Å²) in [5.74, 6) is -0.573. The molecule has 0 aliphatic carbocycles. The number of hydrogen-bond donors (Lipinski definition) is 4. The molecule has 35 heavy (non-hydrogen) atoms. The van der Waals surface area contributed by atoms with Crippen molar-refractivity contribution in [3.8, 4) is 17.0 Å². The third-order valence-corrected chi connectivity index (χ3v) is 5.57. The van der Waals surface area contributed by atoms with Crippen LogP contribution in [-0.2, 0) is 9.53 Å². The van der Waals surface area contributed by atoms with Gasteiger partial charge in [0.25, 0.3) is 0 Å². The number of carbonyl (C=O) groups is 1. The number of H-pyrrole nitrogens is 1. The van der Waals surface area contributed by atoms with Gasteiger partial charge in [-0.25, -0.2) is 9.37 Å². The molecule has 10 nitrogen and oxygen atoms in total. The summed E-state index contributed by atoms with van der Waals surface area (Å²) in [6.07, 6.45) is 2.65. The number of nitrogens with one attached hydrogen (secondary N) is 3. The van der Waals surface area contributed by atoms with Crippen molar-refractivity contribution in [2.24, 2.45) is 0 Å². The summed E-state index contributed by atoms with van der Waals surface area (Å²) < 4.78 is 20.3. The number of anilines is 4. The summed E-state index contributed by atoms with van der Waals surface area (Å²) >= 11 is 0. The van der Waals surface area contributed by atoms with Crippen molar-refractivity contribution < 1.29 is 19.0 Å². The first kappa shape index (κ1) is 22.3.